The van der Waals surface area contributed by atoms with E-state index in [1.54, 1.807) is 7.11 Å². The van der Waals surface area contributed by atoms with E-state index in [0.29, 0.717) is 0 Å². The number of likely N-dealkylation sites (tertiary alicyclic amines) is 1. The van der Waals surface area contributed by atoms with E-state index in [-0.39, 0.29) is 12.4 Å². The Bertz CT molecular complexity index is 510. The number of benzene rings is 1. The third-order valence-electron chi connectivity index (χ3n) is 4.64. The van der Waals surface area contributed by atoms with Gasteiger partial charge in [0.15, 0.2) is 0 Å². The Labute approximate surface area is 133 Å². The van der Waals surface area contributed by atoms with Crippen molar-refractivity contribution in [3.05, 3.63) is 28.8 Å². The van der Waals surface area contributed by atoms with Gasteiger partial charge in [-0.1, -0.05) is 0 Å². The topological polar surface area (TPSA) is 36.3 Å². The molecule has 2 aliphatic rings. The summed E-state index contributed by atoms with van der Waals surface area (Å²) in [5.41, 5.74) is 3.85. The van der Waals surface area contributed by atoms with E-state index in [2.05, 4.69) is 17.0 Å². The Morgan fingerprint density at radius 1 is 1.00 bits per heavy atom. The molecular formula is C17H25ClN2O. The molecule has 0 unspecified atom stereocenters. The molecule has 0 aromatic heterocycles. The summed E-state index contributed by atoms with van der Waals surface area (Å²) in [6.07, 6.45) is 8.42. The summed E-state index contributed by atoms with van der Waals surface area (Å²) in [6, 6.07) is 4.15. The van der Waals surface area contributed by atoms with Gasteiger partial charge in [0.1, 0.15) is 11.6 Å². The molecule has 0 atom stereocenters. The molecule has 0 saturated carbocycles. The smallest absolute Gasteiger partial charge is 0.128 e. The SMILES string of the molecule is COc1ccc(C(=N)N2CCCCC2)c2c1CCCC2.Cl. The Kier molecular flexibility index (Phi) is 5.51. The van der Waals surface area contributed by atoms with Crippen molar-refractivity contribution in [2.45, 2.75) is 44.9 Å². The van der Waals surface area contributed by atoms with E-state index in [1.807, 2.05) is 0 Å². The molecule has 1 aliphatic heterocycles. The zero-order valence-corrected chi connectivity index (χ0v) is 13.6. The van der Waals surface area contributed by atoms with Crippen LogP contribution in [0.2, 0.25) is 0 Å². The van der Waals surface area contributed by atoms with Crippen LogP contribution in [0.3, 0.4) is 0 Å². The minimum Gasteiger partial charge on any atom is -0.496 e. The molecule has 1 aromatic rings. The lowest BCUT2D eigenvalue weighted by atomic mass is 9.86. The van der Waals surface area contributed by atoms with Crippen LogP contribution < -0.4 is 4.74 Å². The fourth-order valence-electron chi connectivity index (χ4n) is 3.54. The fraction of sp³-hybridized carbons (Fsp3) is 0.588. The summed E-state index contributed by atoms with van der Waals surface area (Å²) >= 11 is 0. The minimum absolute atomic E-state index is 0. The molecule has 1 aromatic carbocycles. The molecule has 21 heavy (non-hydrogen) atoms. The van der Waals surface area contributed by atoms with Crippen molar-refractivity contribution in [2.75, 3.05) is 20.2 Å². The van der Waals surface area contributed by atoms with Crippen molar-refractivity contribution in [3.8, 4) is 5.75 Å². The number of hydrogen-bond acceptors (Lipinski definition) is 2. The van der Waals surface area contributed by atoms with Crippen LogP contribution in [0.15, 0.2) is 12.1 Å². The first-order valence-corrected chi connectivity index (χ1v) is 7.84. The minimum atomic E-state index is 0. The number of hydrogen-bond donors (Lipinski definition) is 1. The van der Waals surface area contributed by atoms with Gasteiger partial charge in [-0.2, -0.15) is 0 Å². The van der Waals surface area contributed by atoms with Crippen LogP contribution in [0.1, 0.15) is 48.8 Å². The van der Waals surface area contributed by atoms with Gasteiger partial charge in [-0.15, -0.1) is 12.4 Å². The second-order valence-corrected chi connectivity index (χ2v) is 5.88. The molecule has 4 heteroatoms. The number of nitrogens with zero attached hydrogens (tertiary/aromatic N) is 1. The molecule has 3 rings (SSSR count). The van der Waals surface area contributed by atoms with E-state index < -0.39 is 0 Å². The van der Waals surface area contributed by atoms with Crippen molar-refractivity contribution in [1.82, 2.24) is 4.90 Å². The van der Waals surface area contributed by atoms with Gasteiger partial charge < -0.3 is 9.64 Å². The highest BCUT2D eigenvalue weighted by atomic mass is 35.5. The van der Waals surface area contributed by atoms with Crippen LogP contribution in [-0.2, 0) is 12.8 Å². The highest BCUT2D eigenvalue weighted by molar-refractivity contribution is 5.98. The highest BCUT2D eigenvalue weighted by Gasteiger charge is 2.22. The third kappa shape index (κ3) is 3.18. The maximum Gasteiger partial charge on any atom is 0.128 e. The molecule has 116 valence electrons. The van der Waals surface area contributed by atoms with Crippen LogP contribution in [0.4, 0.5) is 0 Å². The van der Waals surface area contributed by atoms with E-state index in [0.717, 1.165) is 43.1 Å². The van der Waals surface area contributed by atoms with Crippen LogP contribution in [0.25, 0.3) is 0 Å². The van der Waals surface area contributed by atoms with Crippen molar-refractivity contribution in [3.63, 3.8) is 0 Å². The summed E-state index contributed by atoms with van der Waals surface area (Å²) in [7, 11) is 1.75. The fourth-order valence-corrected chi connectivity index (χ4v) is 3.54. The number of amidine groups is 1. The lowest BCUT2D eigenvalue weighted by Crippen LogP contribution is -2.36. The predicted octanol–water partition coefficient (Wildman–Crippen LogP) is 3.81. The second-order valence-electron chi connectivity index (χ2n) is 5.88. The molecule has 0 spiro atoms. The van der Waals surface area contributed by atoms with E-state index in [9.17, 15) is 0 Å². The summed E-state index contributed by atoms with van der Waals surface area (Å²) in [5, 5.41) is 8.58. The van der Waals surface area contributed by atoms with Gasteiger partial charge in [-0.3, -0.25) is 5.41 Å². The first-order chi connectivity index (χ1) is 9.81. The van der Waals surface area contributed by atoms with Crippen LogP contribution in [-0.4, -0.2) is 30.9 Å². The Hall–Kier alpha value is -1.22. The van der Waals surface area contributed by atoms with E-state index in [4.69, 9.17) is 10.1 Å². The molecule has 0 bridgehead atoms. The number of nitrogens with one attached hydrogen (secondary N) is 1. The quantitative estimate of drug-likeness (QED) is 0.666. The molecular weight excluding hydrogens is 284 g/mol. The second kappa shape index (κ2) is 7.17. The molecule has 1 fully saturated rings. The van der Waals surface area contributed by atoms with Gasteiger partial charge >= 0.3 is 0 Å². The van der Waals surface area contributed by atoms with Gasteiger partial charge in [0.2, 0.25) is 0 Å². The number of rotatable bonds is 2. The lowest BCUT2D eigenvalue weighted by molar-refractivity contribution is 0.340. The number of methoxy groups -OCH3 is 1. The predicted molar refractivity (Wildman–Crippen MR) is 89.1 cm³/mol. The van der Waals surface area contributed by atoms with Crippen LogP contribution in [0.5, 0.6) is 5.75 Å². The molecule has 1 aliphatic carbocycles. The first-order valence-electron chi connectivity index (χ1n) is 7.84. The summed E-state index contributed by atoms with van der Waals surface area (Å²) in [5.74, 6) is 1.74. The van der Waals surface area contributed by atoms with Gasteiger partial charge in [-0.25, -0.2) is 0 Å². The third-order valence-corrected chi connectivity index (χ3v) is 4.64. The van der Waals surface area contributed by atoms with Gasteiger partial charge in [0.25, 0.3) is 0 Å². The van der Waals surface area contributed by atoms with Crippen molar-refractivity contribution >= 4 is 18.2 Å². The van der Waals surface area contributed by atoms with E-state index >= 15 is 0 Å². The maximum absolute atomic E-state index is 8.58. The number of fused-ring (bicyclic) bond motifs is 1. The summed E-state index contributed by atoms with van der Waals surface area (Å²) in [6.45, 7) is 2.08. The molecule has 1 saturated heterocycles. The average molecular weight is 309 g/mol. The summed E-state index contributed by atoms with van der Waals surface area (Å²) < 4.78 is 5.51. The van der Waals surface area contributed by atoms with Gasteiger partial charge in [0.05, 0.1) is 7.11 Å². The zero-order chi connectivity index (χ0) is 13.9. The van der Waals surface area contributed by atoms with Crippen molar-refractivity contribution < 1.29 is 4.74 Å². The Morgan fingerprint density at radius 3 is 2.33 bits per heavy atom. The van der Waals surface area contributed by atoms with Gasteiger partial charge in [-0.05, 0) is 68.2 Å². The number of piperidine rings is 1. The highest BCUT2D eigenvalue weighted by Crippen LogP contribution is 2.33. The number of halogens is 1. The zero-order valence-electron chi connectivity index (χ0n) is 12.8. The van der Waals surface area contributed by atoms with Crippen molar-refractivity contribution in [1.29, 1.82) is 5.41 Å². The van der Waals surface area contributed by atoms with E-state index in [1.165, 1.54) is 43.2 Å². The molecule has 1 heterocycles. The Balaban J connectivity index is 0.00000161. The van der Waals surface area contributed by atoms with Gasteiger partial charge in [0, 0.05) is 18.7 Å². The normalized spacial score (nSPS) is 17.7. The average Bonchev–Trinajstić information content (AvgIpc) is 2.54. The van der Waals surface area contributed by atoms with Crippen LogP contribution in [0, 0.1) is 5.41 Å². The molecule has 0 amide bonds. The summed E-state index contributed by atoms with van der Waals surface area (Å²) in [4.78, 5) is 2.25. The first kappa shape index (κ1) is 16.2. The lowest BCUT2D eigenvalue weighted by Gasteiger charge is -2.31. The van der Waals surface area contributed by atoms with Crippen molar-refractivity contribution in [2.24, 2.45) is 0 Å². The number of ether oxygens (including phenoxy) is 1. The monoisotopic (exact) mass is 308 g/mol. The standard InChI is InChI=1S/C17H24N2O.ClH/c1-20-16-10-9-15(13-7-3-4-8-14(13)16)17(18)19-11-5-2-6-12-19;/h9-10,18H,2-8,11-12H2,1H3;1H. The molecule has 3 nitrogen and oxygen atoms in total. The largest absolute Gasteiger partial charge is 0.496 e. The maximum atomic E-state index is 8.58. The molecule has 1 N–H and O–H groups in total. The Morgan fingerprint density at radius 2 is 1.67 bits per heavy atom. The van der Waals surface area contributed by atoms with Crippen LogP contribution >= 0.6 is 12.4 Å². The molecule has 0 radical (unpaired) electrons.